The summed E-state index contributed by atoms with van der Waals surface area (Å²) in [5.74, 6) is 0.279. The van der Waals surface area contributed by atoms with Gasteiger partial charge in [-0.3, -0.25) is 4.79 Å². The maximum absolute atomic E-state index is 12.3. The van der Waals surface area contributed by atoms with Gasteiger partial charge in [-0.15, -0.1) is 0 Å². The third-order valence-corrected chi connectivity index (χ3v) is 3.39. The molecule has 0 spiro atoms. The van der Waals surface area contributed by atoms with Gasteiger partial charge in [0.1, 0.15) is 10.3 Å². The fraction of sp³-hybridized carbons (Fsp3) is 0.200. The van der Waals surface area contributed by atoms with E-state index in [1.165, 1.54) is 7.11 Å². The molecule has 0 radical (unpaired) electrons. The highest BCUT2D eigenvalue weighted by Crippen LogP contribution is 2.26. The molecule has 110 valence electrons. The molecule has 21 heavy (non-hydrogen) atoms. The topological polar surface area (TPSA) is 62.7 Å². The Balaban J connectivity index is 2.14. The molecule has 0 saturated heterocycles. The largest absolute Gasteiger partial charge is 0.504 e. The Kier molecular flexibility index (Phi) is 4.80. The standard InChI is InChI=1S/C15H15BrN2O3/c1-18(15(20)11-4-3-5-14(16)17-11)9-10-6-7-12(19)13(8-10)21-2/h3-8,19H,9H2,1-2H3. The molecule has 1 aromatic heterocycles. The van der Waals surface area contributed by atoms with Gasteiger partial charge in [0, 0.05) is 13.6 Å². The van der Waals surface area contributed by atoms with Gasteiger partial charge in [0.2, 0.25) is 0 Å². The first kappa shape index (κ1) is 15.3. The first-order valence-corrected chi connectivity index (χ1v) is 7.04. The highest BCUT2D eigenvalue weighted by Gasteiger charge is 2.14. The van der Waals surface area contributed by atoms with E-state index in [1.807, 2.05) is 0 Å². The number of benzene rings is 1. The summed E-state index contributed by atoms with van der Waals surface area (Å²) >= 11 is 3.25. The molecule has 2 rings (SSSR count). The molecule has 0 bridgehead atoms. The number of halogens is 1. The summed E-state index contributed by atoms with van der Waals surface area (Å²) in [4.78, 5) is 18.0. The molecule has 0 aliphatic heterocycles. The molecule has 1 amide bonds. The summed E-state index contributed by atoms with van der Waals surface area (Å²) in [5, 5.41) is 9.57. The number of pyridine rings is 1. The van der Waals surface area contributed by atoms with Gasteiger partial charge in [0.05, 0.1) is 7.11 Å². The molecule has 0 atom stereocenters. The second kappa shape index (κ2) is 6.58. The molecule has 0 fully saturated rings. The van der Waals surface area contributed by atoms with Gasteiger partial charge in [0.15, 0.2) is 11.5 Å². The van der Waals surface area contributed by atoms with Crippen LogP contribution in [0.4, 0.5) is 0 Å². The Bertz CT molecular complexity index is 661. The molecule has 5 nitrogen and oxygen atoms in total. The fourth-order valence-electron chi connectivity index (χ4n) is 1.89. The van der Waals surface area contributed by atoms with Crippen molar-refractivity contribution in [2.45, 2.75) is 6.54 Å². The molecule has 2 aromatic rings. The molecule has 6 heteroatoms. The van der Waals surface area contributed by atoms with Gasteiger partial charge < -0.3 is 14.7 Å². The Morgan fingerprint density at radius 2 is 2.14 bits per heavy atom. The Labute approximate surface area is 131 Å². The van der Waals surface area contributed by atoms with Gasteiger partial charge in [-0.25, -0.2) is 4.98 Å². The average Bonchev–Trinajstić information content (AvgIpc) is 2.48. The molecule has 0 aliphatic carbocycles. The smallest absolute Gasteiger partial charge is 0.272 e. The minimum Gasteiger partial charge on any atom is -0.504 e. The van der Waals surface area contributed by atoms with Crippen molar-refractivity contribution in [1.82, 2.24) is 9.88 Å². The first-order valence-electron chi connectivity index (χ1n) is 6.25. The van der Waals surface area contributed by atoms with Crippen molar-refractivity contribution in [2.75, 3.05) is 14.2 Å². The lowest BCUT2D eigenvalue weighted by atomic mass is 10.2. The van der Waals surface area contributed by atoms with Crippen LogP contribution in [0, 0.1) is 0 Å². The summed E-state index contributed by atoms with van der Waals surface area (Å²) in [6.45, 7) is 0.393. The number of aromatic nitrogens is 1. The van der Waals surface area contributed by atoms with Crippen LogP contribution in [0.15, 0.2) is 41.0 Å². The maximum Gasteiger partial charge on any atom is 0.272 e. The summed E-state index contributed by atoms with van der Waals surface area (Å²) in [6.07, 6.45) is 0. The fourth-order valence-corrected chi connectivity index (χ4v) is 2.23. The van der Waals surface area contributed by atoms with Crippen molar-refractivity contribution in [2.24, 2.45) is 0 Å². The molecular weight excluding hydrogens is 336 g/mol. The normalized spacial score (nSPS) is 10.2. The number of carbonyl (C=O) groups excluding carboxylic acids is 1. The van der Waals surface area contributed by atoms with E-state index in [0.717, 1.165) is 5.56 Å². The van der Waals surface area contributed by atoms with Crippen LogP contribution in [0.3, 0.4) is 0 Å². The van der Waals surface area contributed by atoms with Crippen molar-refractivity contribution in [3.8, 4) is 11.5 Å². The van der Waals surface area contributed by atoms with Crippen molar-refractivity contribution in [3.63, 3.8) is 0 Å². The van der Waals surface area contributed by atoms with Gasteiger partial charge in [-0.2, -0.15) is 0 Å². The van der Waals surface area contributed by atoms with E-state index in [2.05, 4.69) is 20.9 Å². The summed E-state index contributed by atoms with van der Waals surface area (Å²) in [6, 6.07) is 10.2. The number of methoxy groups -OCH3 is 1. The maximum atomic E-state index is 12.3. The third kappa shape index (κ3) is 3.72. The number of carbonyl (C=O) groups is 1. The van der Waals surface area contributed by atoms with Gasteiger partial charge >= 0.3 is 0 Å². The van der Waals surface area contributed by atoms with Crippen molar-refractivity contribution >= 4 is 21.8 Å². The zero-order chi connectivity index (χ0) is 15.4. The SMILES string of the molecule is COc1cc(CN(C)C(=O)c2cccc(Br)n2)ccc1O. The van der Waals surface area contributed by atoms with E-state index < -0.39 is 0 Å². The lowest BCUT2D eigenvalue weighted by molar-refractivity contribution is 0.0779. The third-order valence-electron chi connectivity index (χ3n) is 2.94. The first-order chi connectivity index (χ1) is 10.0. The molecule has 1 aromatic carbocycles. The number of hydrogen-bond acceptors (Lipinski definition) is 4. The second-order valence-corrected chi connectivity index (χ2v) is 5.33. The molecule has 0 saturated carbocycles. The quantitative estimate of drug-likeness (QED) is 0.861. The molecule has 1 N–H and O–H groups in total. The number of nitrogens with zero attached hydrogens (tertiary/aromatic N) is 2. The number of ether oxygens (including phenoxy) is 1. The van der Waals surface area contributed by atoms with E-state index in [1.54, 1.807) is 48.3 Å². The monoisotopic (exact) mass is 350 g/mol. The summed E-state index contributed by atoms with van der Waals surface area (Å²) in [7, 11) is 3.18. The number of amides is 1. The number of aromatic hydroxyl groups is 1. The van der Waals surface area contributed by atoms with Crippen LogP contribution >= 0.6 is 15.9 Å². The van der Waals surface area contributed by atoms with Crippen LogP contribution < -0.4 is 4.74 Å². The summed E-state index contributed by atoms with van der Waals surface area (Å²) in [5.41, 5.74) is 1.23. The molecule has 0 aliphatic rings. The Morgan fingerprint density at radius 3 is 2.81 bits per heavy atom. The number of phenols is 1. The lowest BCUT2D eigenvalue weighted by Gasteiger charge is -2.17. The molecule has 0 unspecified atom stereocenters. The van der Waals surface area contributed by atoms with Crippen LogP contribution in [0.5, 0.6) is 11.5 Å². The van der Waals surface area contributed by atoms with Gasteiger partial charge in [0.25, 0.3) is 5.91 Å². The minimum absolute atomic E-state index is 0.0730. The average molecular weight is 351 g/mol. The molecular formula is C15H15BrN2O3. The molecule has 1 heterocycles. The van der Waals surface area contributed by atoms with Crippen LogP contribution in [0.2, 0.25) is 0 Å². The van der Waals surface area contributed by atoms with E-state index >= 15 is 0 Å². The van der Waals surface area contributed by atoms with E-state index in [9.17, 15) is 9.90 Å². The van der Waals surface area contributed by atoms with Crippen LogP contribution in [-0.2, 0) is 6.54 Å². The van der Waals surface area contributed by atoms with Gasteiger partial charge in [-0.05, 0) is 45.8 Å². The Morgan fingerprint density at radius 1 is 1.38 bits per heavy atom. The van der Waals surface area contributed by atoms with E-state index in [-0.39, 0.29) is 11.7 Å². The predicted octanol–water partition coefficient (Wildman–Crippen LogP) is 2.83. The minimum atomic E-state index is -0.177. The highest BCUT2D eigenvalue weighted by atomic mass is 79.9. The van der Waals surface area contributed by atoms with Crippen molar-refractivity contribution in [3.05, 3.63) is 52.3 Å². The number of hydrogen-bond donors (Lipinski definition) is 1. The Hall–Kier alpha value is -2.08. The number of rotatable bonds is 4. The second-order valence-electron chi connectivity index (χ2n) is 4.51. The lowest BCUT2D eigenvalue weighted by Crippen LogP contribution is -2.27. The van der Waals surface area contributed by atoms with Crippen LogP contribution in [0.25, 0.3) is 0 Å². The zero-order valence-electron chi connectivity index (χ0n) is 11.7. The van der Waals surface area contributed by atoms with Crippen LogP contribution in [-0.4, -0.2) is 35.1 Å². The van der Waals surface area contributed by atoms with E-state index in [0.29, 0.717) is 22.6 Å². The predicted molar refractivity (Wildman–Crippen MR) is 82.4 cm³/mol. The van der Waals surface area contributed by atoms with Crippen molar-refractivity contribution in [1.29, 1.82) is 0 Å². The summed E-state index contributed by atoms with van der Waals surface area (Å²) < 4.78 is 5.67. The van der Waals surface area contributed by atoms with E-state index in [4.69, 9.17) is 4.74 Å². The zero-order valence-corrected chi connectivity index (χ0v) is 13.3. The van der Waals surface area contributed by atoms with Crippen molar-refractivity contribution < 1.29 is 14.6 Å². The number of phenolic OH excluding ortho intramolecular Hbond substituents is 1. The van der Waals surface area contributed by atoms with Crippen LogP contribution in [0.1, 0.15) is 16.1 Å². The van der Waals surface area contributed by atoms with Gasteiger partial charge in [-0.1, -0.05) is 12.1 Å². The highest BCUT2D eigenvalue weighted by molar-refractivity contribution is 9.10.